The van der Waals surface area contributed by atoms with Crippen LogP contribution in [0.15, 0.2) is 24.3 Å². The molecule has 2 heteroatoms. The fourth-order valence-electron chi connectivity index (χ4n) is 1.99. The molecule has 16 heavy (non-hydrogen) atoms. The Kier molecular flexibility index (Phi) is 5.33. The minimum Gasteiger partial charge on any atom is -0.496 e. The standard InChI is InChI=1S/C14H21BrO/c1-10(2)14(15)11(3)9-12-7-5-6-8-13(12)16-4/h5-8,10-11,14H,9H2,1-4H3. The second-order valence-electron chi connectivity index (χ2n) is 4.68. The molecule has 0 heterocycles. The van der Waals surface area contributed by atoms with E-state index in [1.807, 2.05) is 12.1 Å². The molecule has 0 aromatic heterocycles. The van der Waals surface area contributed by atoms with E-state index < -0.39 is 0 Å². The van der Waals surface area contributed by atoms with Crippen molar-refractivity contribution in [1.29, 1.82) is 0 Å². The molecule has 1 rings (SSSR count). The second kappa shape index (κ2) is 6.29. The molecule has 1 aromatic carbocycles. The lowest BCUT2D eigenvalue weighted by atomic mass is 9.92. The molecular weight excluding hydrogens is 264 g/mol. The third kappa shape index (κ3) is 3.51. The summed E-state index contributed by atoms with van der Waals surface area (Å²) in [6.07, 6.45) is 1.05. The van der Waals surface area contributed by atoms with Crippen LogP contribution < -0.4 is 4.74 Å². The van der Waals surface area contributed by atoms with Gasteiger partial charge in [0.15, 0.2) is 0 Å². The van der Waals surface area contributed by atoms with E-state index in [0.717, 1.165) is 12.2 Å². The number of methoxy groups -OCH3 is 1. The van der Waals surface area contributed by atoms with Gasteiger partial charge in [-0.25, -0.2) is 0 Å². The maximum absolute atomic E-state index is 5.37. The summed E-state index contributed by atoms with van der Waals surface area (Å²) in [5.74, 6) is 2.26. The Balaban J connectivity index is 2.72. The Labute approximate surface area is 107 Å². The first-order valence-electron chi connectivity index (χ1n) is 5.82. The fourth-order valence-corrected chi connectivity index (χ4v) is 2.18. The lowest BCUT2D eigenvalue weighted by Crippen LogP contribution is -2.19. The SMILES string of the molecule is COc1ccccc1CC(C)C(Br)C(C)C. The first-order valence-corrected chi connectivity index (χ1v) is 6.73. The average molecular weight is 285 g/mol. The van der Waals surface area contributed by atoms with Gasteiger partial charge in [-0.3, -0.25) is 0 Å². The van der Waals surface area contributed by atoms with E-state index in [0.29, 0.717) is 16.7 Å². The Morgan fingerprint density at radius 2 is 1.81 bits per heavy atom. The molecule has 0 aliphatic heterocycles. The van der Waals surface area contributed by atoms with Gasteiger partial charge in [0, 0.05) is 4.83 Å². The summed E-state index contributed by atoms with van der Waals surface area (Å²) in [5, 5.41) is 0. The van der Waals surface area contributed by atoms with E-state index in [-0.39, 0.29) is 0 Å². The monoisotopic (exact) mass is 284 g/mol. The number of halogens is 1. The summed E-state index contributed by atoms with van der Waals surface area (Å²) in [6.45, 7) is 6.78. The van der Waals surface area contributed by atoms with Crippen LogP contribution in [0.5, 0.6) is 5.75 Å². The molecule has 0 bridgehead atoms. The quantitative estimate of drug-likeness (QED) is 0.733. The van der Waals surface area contributed by atoms with Crippen molar-refractivity contribution < 1.29 is 4.74 Å². The highest BCUT2D eigenvalue weighted by Gasteiger charge is 2.18. The summed E-state index contributed by atoms with van der Waals surface area (Å²) in [5.41, 5.74) is 1.29. The first-order chi connectivity index (χ1) is 7.56. The van der Waals surface area contributed by atoms with Crippen molar-refractivity contribution in [2.45, 2.75) is 32.0 Å². The van der Waals surface area contributed by atoms with Crippen molar-refractivity contribution in [3.8, 4) is 5.75 Å². The van der Waals surface area contributed by atoms with Crippen molar-refractivity contribution in [2.24, 2.45) is 11.8 Å². The van der Waals surface area contributed by atoms with E-state index in [4.69, 9.17) is 4.74 Å². The van der Waals surface area contributed by atoms with Crippen molar-refractivity contribution in [3.63, 3.8) is 0 Å². The maximum atomic E-state index is 5.37. The molecule has 0 saturated heterocycles. The lowest BCUT2D eigenvalue weighted by Gasteiger charge is -2.22. The molecule has 0 N–H and O–H groups in total. The van der Waals surface area contributed by atoms with E-state index in [1.165, 1.54) is 5.56 Å². The molecule has 0 radical (unpaired) electrons. The molecule has 2 unspecified atom stereocenters. The Hall–Kier alpha value is -0.500. The topological polar surface area (TPSA) is 9.23 Å². The van der Waals surface area contributed by atoms with Gasteiger partial charge in [-0.05, 0) is 29.9 Å². The molecule has 0 aliphatic carbocycles. The third-order valence-electron chi connectivity index (χ3n) is 2.91. The largest absolute Gasteiger partial charge is 0.496 e. The van der Waals surface area contributed by atoms with Crippen LogP contribution in [0.4, 0.5) is 0 Å². The molecule has 0 amide bonds. The number of benzene rings is 1. The van der Waals surface area contributed by atoms with Crippen LogP contribution in [-0.2, 0) is 6.42 Å². The molecule has 0 aliphatic rings. The number of para-hydroxylation sites is 1. The van der Waals surface area contributed by atoms with E-state index in [2.05, 4.69) is 48.8 Å². The highest BCUT2D eigenvalue weighted by atomic mass is 79.9. The van der Waals surface area contributed by atoms with Gasteiger partial charge in [0.2, 0.25) is 0 Å². The summed E-state index contributed by atoms with van der Waals surface area (Å²) in [6, 6.07) is 8.26. The fraction of sp³-hybridized carbons (Fsp3) is 0.571. The summed E-state index contributed by atoms with van der Waals surface area (Å²) in [7, 11) is 1.73. The van der Waals surface area contributed by atoms with Crippen LogP contribution in [0.25, 0.3) is 0 Å². The Bertz CT molecular complexity index is 322. The van der Waals surface area contributed by atoms with Crippen molar-refractivity contribution in [2.75, 3.05) is 7.11 Å². The minimum atomic E-state index is 0.553. The van der Waals surface area contributed by atoms with E-state index >= 15 is 0 Å². The first kappa shape index (κ1) is 13.6. The molecule has 0 spiro atoms. The summed E-state index contributed by atoms with van der Waals surface area (Å²) >= 11 is 3.77. The molecule has 0 saturated carbocycles. The van der Waals surface area contributed by atoms with Crippen molar-refractivity contribution in [3.05, 3.63) is 29.8 Å². The van der Waals surface area contributed by atoms with Crippen LogP contribution in [0.2, 0.25) is 0 Å². The molecule has 2 atom stereocenters. The van der Waals surface area contributed by atoms with Gasteiger partial charge in [0.05, 0.1) is 7.11 Å². The normalized spacial score (nSPS) is 14.9. The van der Waals surface area contributed by atoms with E-state index in [1.54, 1.807) is 7.11 Å². The minimum absolute atomic E-state index is 0.553. The number of alkyl halides is 1. The number of hydrogen-bond acceptors (Lipinski definition) is 1. The van der Waals surface area contributed by atoms with Gasteiger partial charge in [0.25, 0.3) is 0 Å². The van der Waals surface area contributed by atoms with Crippen LogP contribution in [0.3, 0.4) is 0 Å². The van der Waals surface area contributed by atoms with Gasteiger partial charge in [-0.2, -0.15) is 0 Å². The molecular formula is C14H21BrO. The molecule has 90 valence electrons. The average Bonchev–Trinajstić information content (AvgIpc) is 2.28. The second-order valence-corrected chi connectivity index (χ2v) is 5.74. The zero-order valence-corrected chi connectivity index (χ0v) is 12.1. The predicted octanol–water partition coefficient (Wildman–Crippen LogP) is 4.29. The number of ether oxygens (including phenoxy) is 1. The van der Waals surface area contributed by atoms with Crippen molar-refractivity contribution in [1.82, 2.24) is 0 Å². The van der Waals surface area contributed by atoms with Gasteiger partial charge >= 0.3 is 0 Å². The zero-order valence-electron chi connectivity index (χ0n) is 10.5. The van der Waals surface area contributed by atoms with Crippen LogP contribution in [-0.4, -0.2) is 11.9 Å². The predicted molar refractivity (Wildman–Crippen MR) is 73.4 cm³/mol. The highest BCUT2D eigenvalue weighted by Crippen LogP contribution is 2.27. The zero-order chi connectivity index (χ0) is 12.1. The third-order valence-corrected chi connectivity index (χ3v) is 4.87. The molecule has 0 fully saturated rings. The highest BCUT2D eigenvalue weighted by molar-refractivity contribution is 9.09. The smallest absolute Gasteiger partial charge is 0.122 e. The Morgan fingerprint density at radius 1 is 1.19 bits per heavy atom. The summed E-state index contributed by atoms with van der Waals surface area (Å²) < 4.78 is 5.37. The van der Waals surface area contributed by atoms with Gasteiger partial charge < -0.3 is 4.74 Å². The lowest BCUT2D eigenvalue weighted by molar-refractivity contribution is 0.400. The number of rotatable bonds is 5. The Morgan fingerprint density at radius 3 is 2.38 bits per heavy atom. The number of hydrogen-bond donors (Lipinski definition) is 0. The van der Waals surface area contributed by atoms with Gasteiger partial charge in [-0.1, -0.05) is 54.9 Å². The van der Waals surface area contributed by atoms with Crippen molar-refractivity contribution >= 4 is 15.9 Å². The van der Waals surface area contributed by atoms with Gasteiger partial charge in [0.1, 0.15) is 5.75 Å². The maximum Gasteiger partial charge on any atom is 0.122 e. The van der Waals surface area contributed by atoms with Crippen LogP contribution in [0.1, 0.15) is 26.3 Å². The molecule has 1 nitrogen and oxygen atoms in total. The molecule has 1 aromatic rings. The van der Waals surface area contributed by atoms with Crippen LogP contribution >= 0.6 is 15.9 Å². The van der Waals surface area contributed by atoms with Crippen LogP contribution in [0, 0.1) is 11.8 Å². The van der Waals surface area contributed by atoms with E-state index in [9.17, 15) is 0 Å². The van der Waals surface area contributed by atoms with Gasteiger partial charge in [-0.15, -0.1) is 0 Å². The summed E-state index contributed by atoms with van der Waals surface area (Å²) in [4.78, 5) is 0.553.